The third kappa shape index (κ3) is 4.34. The highest BCUT2D eigenvalue weighted by atomic mass is 32.2. The smallest absolute Gasteiger partial charge is 0.225 e. The summed E-state index contributed by atoms with van der Waals surface area (Å²) in [6.07, 6.45) is 2.34. The number of carbonyl (C=O) groups excluding carboxylic acids is 1. The van der Waals surface area contributed by atoms with E-state index in [1.807, 2.05) is 42.7 Å². The Labute approximate surface area is 179 Å². The fraction of sp³-hybridized carbons (Fsp3) is 0.167. The Kier molecular flexibility index (Phi) is 5.94. The second-order valence-electron chi connectivity index (χ2n) is 6.90. The number of nitrogens with zero attached hydrogens (tertiary/aromatic N) is 1. The predicted octanol–water partition coefficient (Wildman–Crippen LogP) is 5.83. The summed E-state index contributed by atoms with van der Waals surface area (Å²) in [5.41, 5.74) is 2.82. The molecule has 0 radical (unpaired) electrons. The summed E-state index contributed by atoms with van der Waals surface area (Å²) < 4.78 is 0. The zero-order chi connectivity index (χ0) is 20.2. The molecule has 144 valence electrons. The van der Waals surface area contributed by atoms with E-state index in [1.54, 1.807) is 11.8 Å². The Hall–Kier alpha value is -2.68. The number of nitriles is 1. The van der Waals surface area contributed by atoms with Crippen LogP contribution in [0.1, 0.15) is 23.5 Å². The van der Waals surface area contributed by atoms with E-state index in [-0.39, 0.29) is 11.8 Å². The highest BCUT2D eigenvalue weighted by Gasteiger charge is 2.29. The molecule has 1 aliphatic heterocycles. The van der Waals surface area contributed by atoms with Crippen LogP contribution in [0.3, 0.4) is 0 Å². The van der Waals surface area contributed by atoms with E-state index in [0.717, 1.165) is 5.56 Å². The normalized spacial score (nSPS) is 16.6. The monoisotopic (exact) mass is 416 g/mol. The molecule has 3 aromatic rings. The van der Waals surface area contributed by atoms with E-state index in [9.17, 15) is 10.1 Å². The average Bonchev–Trinajstić information content (AvgIpc) is 2.77. The number of carbonyl (C=O) groups is 1. The maximum absolute atomic E-state index is 12.4. The molecule has 0 bridgehead atoms. The number of amides is 1. The molecular formula is C24H20N2OS2. The summed E-state index contributed by atoms with van der Waals surface area (Å²) in [5, 5.41) is 15.8. The molecule has 29 heavy (non-hydrogen) atoms. The molecule has 0 spiro atoms. The Balaban J connectivity index is 1.59. The molecule has 0 saturated carbocycles. The van der Waals surface area contributed by atoms with Crippen LogP contribution in [0.2, 0.25) is 0 Å². The molecular weight excluding hydrogens is 396 g/mol. The third-order valence-electron chi connectivity index (χ3n) is 5.07. The number of thioether (sulfide) groups is 2. The summed E-state index contributed by atoms with van der Waals surface area (Å²) in [4.78, 5) is 13.5. The summed E-state index contributed by atoms with van der Waals surface area (Å²) in [6.45, 7) is 0. The van der Waals surface area contributed by atoms with Crippen molar-refractivity contribution in [3.05, 3.63) is 88.5 Å². The van der Waals surface area contributed by atoms with Crippen LogP contribution >= 0.6 is 23.5 Å². The number of benzene rings is 3. The minimum Gasteiger partial charge on any atom is -0.320 e. The van der Waals surface area contributed by atoms with Crippen molar-refractivity contribution in [3.8, 4) is 6.07 Å². The van der Waals surface area contributed by atoms with Crippen LogP contribution in [0.4, 0.5) is 0 Å². The van der Waals surface area contributed by atoms with Crippen LogP contribution in [-0.2, 0) is 10.5 Å². The number of hydrogen-bond acceptors (Lipinski definition) is 4. The average molecular weight is 417 g/mol. The standard InChI is InChI=1S/C24H20N2OS2/c1-28-20-10-8-18(9-11-20)21-13-23(27)26-24(22(21)14-25)29-15-16-6-7-17-4-2-3-5-19(17)12-16/h2-12,21H,13,15H2,1H3,(H,26,27)/t21-/m0/s1. The van der Waals surface area contributed by atoms with E-state index in [1.165, 1.54) is 33.0 Å². The molecule has 0 unspecified atom stereocenters. The van der Waals surface area contributed by atoms with Gasteiger partial charge in [0.05, 0.1) is 16.7 Å². The molecule has 0 aromatic heterocycles. The van der Waals surface area contributed by atoms with Gasteiger partial charge in [0.25, 0.3) is 0 Å². The lowest BCUT2D eigenvalue weighted by Gasteiger charge is -2.25. The van der Waals surface area contributed by atoms with Gasteiger partial charge in [0.2, 0.25) is 5.91 Å². The van der Waals surface area contributed by atoms with E-state index < -0.39 is 0 Å². The van der Waals surface area contributed by atoms with Crippen molar-refractivity contribution in [2.75, 3.05) is 6.26 Å². The van der Waals surface area contributed by atoms with Crippen molar-refractivity contribution in [2.24, 2.45) is 0 Å². The van der Waals surface area contributed by atoms with Crippen LogP contribution in [0.25, 0.3) is 10.8 Å². The Morgan fingerprint density at radius 3 is 2.55 bits per heavy atom. The van der Waals surface area contributed by atoms with Crippen molar-refractivity contribution in [2.45, 2.75) is 23.0 Å². The summed E-state index contributed by atoms with van der Waals surface area (Å²) >= 11 is 3.20. The van der Waals surface area contributed by atoms with Gasteiger partial charge in [-0.25, -0.2) is 0 Å². The third-order valence-corrected chi connectivity index (χ3v) is 6.90. The number of nitrogens with one attached hydrogen (secondary N) is 1. The van der Waals surface area contributed by atoms with Crippen LogP contribution in [0.15, 0.2) is 82.2 Å². The highest BCUT2D eigenvalue weighted by molar-refractivity contribution is 8.02. The van der Waals surface area contributed by atoms with Gasteiger partial charge in [-0.3, -0.25) is 4.79 Å². The van der Waals surface area contributed by atoms with Crippen LogP contribution < -0.4 is 5.32 Å². The first-order chi connectivity index (χ1) is 14.2. The van der Waals surface area contributed by atoms with E-state index in [0.29, 0.717) is 22.8 Å². The SMILES string of the molecule is CSc1ccc([C@@H]2CC(=O)NC(SCc3ccc4ccccc4c3)=C2C#N)cc1. The summed E-state index contributed by atoms with van der Waals surface area (Å²) in [7, 11) is 0. The largest absolute Gasteiger partial charge is 0.320 e. The molecule has 0 saturated heterocycles. The lowest BCUT2D eigenvalue weighted by atomic mass is 9.87. The maximum atomic E-state index is 12.4. The molecule has 1 N–H and O–H groups in total. The lowest BCUT2D eigenvalue weighted by Crippen LogP contribution is -2.30. The van der Waals surface area contributed by atoms with Gasteiger partial charge in [-0.05, 0) is 40.3 Å². The second kappa shape index (κ2) is 8.77. The van der Waals surface area contributed by atoms with E-state index in [4.69, 9.17) is 0 Å². The Morgan fingerprint density at radius 2 is 1.83 bits per heavy atom. The van der Waals surface area contributed by atoms with Crippen LogP contribution in [0.5, 0.6) is 0 Å². The molecule has 1 aliphatic rings. The van der Waals surface area contributed by atoms with Gasteiger partial charge in [-0.2, -0.15) is 5.26 Å². The van der Waals surface area contributed by atoms with Gasteiger partial charge in [0.1, 0.15) is 0 Å². The molecule has 1 amide bonds. The molecule has 4 rings (SSSR count). The van der Waals surface area contributed by atoms with Crippen molar-refractivity contribution < 1.29 is 4.79 Å². The van der Waals surface area contributed by atoms with Gasteiger partial charge in [0.15, 0.2) is 0 Å². The van der Waals surface area contributed by atoms with Crippen molar-refractivity contribution in [1.82, 2.24) is 5.32 Å². The van der Waals surface area contributed by atoms with Crippen LogP contribution in [-0.4, -0.2) is 12.2 Å². The molecule has 5 heteroatoms. The second-order valence-corrected chi connectivity index (χ2v) is 8.77. The zero-order valence-corrected chi connectivity index (χ0v) is 17.6. The Morgan fingerprint density at radius 1 is 1.07 bits per heavy atom. The molecule has 1 atom stereocenters. The molecule has 3 nitrogen and oxygen atoms in total. The minimum atomic E-state index is -0.191. The predicted molar refractivity (Wildman–Crippen MR) is 122 cm³/mol. The fourth-order valence-corrected chi connectivity index (χ4v) is 4.97. The number of allylic oxidation sites excluding steroid dienone is 1. The van der Waals surface area contributed by atoms with Crippen molar-refractivity contribution in [1.29, 1.82) is 5.26 Å². The first-order valence-electron chi connectivity index (χ1n) is 9.36. The quantitative estimate of drug-likeness (QED) is 0.531. The van der Waals surface area contributed by atoms with Gasteiger partial charge in [0, 0.05) is 23.0 Å². The molecule has 3 aromatic carbocycles. The maximum Gasteiger partial charge on any atom is 0.225 e. The van der Waals surface area contributed by atoms with Crippen molar-refractivity contribution in [3.63, 3.8) is 0 Å². The number of rotatable bonds is 5. The zero-order valence-electron chi connectivity index (χ0n) is 16.0. The molecule has 0 aliphatic carbocycles. The van der Waals surface area contributed by atoms with Crippen LogP contribution in [0, 0.1) is 11.3 Å². The molecule has 1 heterocycles. The summed E-state index contributed by atoms with van der Waals surface area (Å²) in [6, 6.07) is 25.1. The first kappa shape index (κ1) is 19.6. The fourth-order valence-electron chi connectivity index (χ4n) is 3.54. The topological polar surface area (TPSA) is 52.9 Å². The number of fused-ring (bicyclic) bond motifs is 1. The van der Waals surface area contributed by atoms with E-state index in [2.05, 4.69) is 41.7 Å². The first-order valence-corrected chi connectivity index (χ1v) is 11.6. The van der Waals surface area contributed by atoms with Gasteiger partial charge in [-0.15, -0.1) is 23.5 Å². The minimum absolute atomic E-state index is 0.0380. The highest BCUT2D eigenvalue weighted by Crippen LogP contribution is 2.37. The Bertz CT molecular complexity index is 1130. The molecule has 0 fully saturated rings. The van der Waals surface area contributed by atoms with Gasteiger partial charge >= 0.3 is 0 Å². The van der Waals surface area contributed by atoms with E-state index >= 15 is 0 Å². The van der Waals surface area contributed by atoms with Gasteiger partial charge in [-0.1, -0.05) is 54.6 Å². The van der Waals surface area contributed by atoms with Gasteiger partial charge < -0.3 is 5.32 Å². The number of hydrogen-bond donors (Lipinski definition) is 1. The summed E-state index contributed by atoms with van der Waals surface area (Å²) in [5.74, 6) is 0.469. The van der Waals surface area contributed by atoms with Crippen molar-refractivity contribution >= 4 is 40.2 Å². The lowest BCUT2D eigenvalue weighted by molar-refractivity contribution is -0.120.